The van der Waals surface area contributed by atoms with Crippen LogP contribution in [0.3, 0.4) is 0 Å². The molecule has 0 aromatic carbocycles. The van der Waals surface area contributed by atoms with E-state index < -0.39 is 17.5 Å². The standard InChI is InChI=1S/C16H21F3N2O2/c1-14(2)9-12(15(3,4)23-14)21-13(22)8-10-6-5-7-11(20-10)16(17,18)19/h5-7,12H,8-9H2,1-4H3,(H,21,22). The third kappa shape index (κ3) is 4.43. The van der Waals surface area contributed by atoms with Crippen LogP contribution in [-0.4, -0.2) is 28.1 Å². The smallest absolute Gasteiger partial charge is 0.367 e. The largest absolute Gasteiger partial charge is 0.433 e. The molecule has 2 heterocycles. The summed E-state index contributed by atoms with van der Waals surface area (Å²) in [5.74, 6) is -0.365. The van der Waals surface area contributed by atoms with Crippen molar-refractivity contribution < 1.29 is 22.7 Å². The summed E-state index contributed by atoms with van der Waals surface area (Å²) in [5.41, 5.74) is -1.78. The fourth-order valence-corrected chi connectivity index (χ4v) is 2.93. The van der Waals surface area contributed by atoms with E-state index in [1.165, 1.54) is 12.1 Å². The molecule has 1 atom stereocenters. The highest BCUT2D eigenvalue weighted by Crippen LogP contribution is 2.37. The Labute approximate surface area is 133 Å². The van der Waals surface area contributed by atoms with Crippen LogP contribution in [0.2, 0.25) is 0 Å². The summed E-state index contributed by atoms with van der Waals surface area (Å²) >= 11 is 0. The van der Waals surface area contributed by atoms with Gasteiger partial charge in [0.1, 0.15) is 5.69 Å². The summed E-state index contributed by atoms with van der Waals surface area (Å²) in [5, 5.41) is 2.85. The maximum Gasteiger partial charge on any atom is 0.433 e. The molecule has 23 heavy (non-hydrogen) atoms. The van der Waals surface area contributed by atoms with E-state index in [2.05, 4.69) is 10.3 Å². The van der Waals surface area contributed by atoms with Crippen LogP contribution in [0, 0.1) is 0 Å². The number of ether oxygens (including phenoxy) is 1. The Hall–Kier alpha value is -1.63. The van der Waals surface area contributed by atoms with E-state index in [1.807, 2.05) is 27.7 Å². The zero-order chi connectivity index (χ0) is 17.5. The molecule has 1 aliphatic rings. The number of alkyl halides is 3. The normalized spacial score (nSPS) is 22.8. The lowest BCUT2D eigenvalue weighted by atomic mass is 9.94. The number of aromatic nitrogens is 1. The van der Waals surface area contributed by atoms with Gasteiger partial charge in [0.15, 0.2) is 0 Å². The van der Waals surface area contributed by atoms with Gasteiger partial charge in [-0.1, -0.05) is 6.07 Å². The van der Waals surface area contributed by atoms with Crippen LogP contribution in [0.4, 0.5) is 13.2 Å². The predicted molar refractivity (Wildman–Crippen MR) is 78.7 cm³/mol. The molecule has 0 aliphatic carbocycles. The topological polar surface area (TPSA) is 51.2 Å². The molecule has 7 heteroatoms. The number of nitrogens with one attached hydrogen (secondary N) is 1. The fourth-order valence-electron chi connectivity index (χ4n) is 2.93. The second-order valence-electron chi connectivity index (χ2n) is 6.98. The Morgan fingerprint density at radius 1 is 1.35 bits per heavy atom. The molecular formula is C16H21F3N2O2. The van der Waals surface area contributed by atoms with Gasteiger partial charge in [-0.05, 0) is 46.2 Å². The molecule has 1 unspecified atom stereocenters. The third-order valence-corrected chi connectivity index (χ3v) is 3.85. The van der Waals surface area contributed by atoms with Crippen LogP contribution in [-0.2, 0) is 22.1 Å². The minimum atomic E-state index is -4.52. The second kappa shape index (κ2) is 5.78. The molecule has 1 aromatic heterocycles. The van der Waals surface area contributed by atoms with Crippen LogP contribution in [0.15, 0.2) is 18.2 Å². The van der Waals surface area contributed by atoms with E-state index in [1.54, 1.807) is 0 Å². The zero-order valence-corrected chi connectivity index (χ0v) is 13.6. The lowest BCUT2D eigenvalue weighted by Gasteiger charge is -2.27. The maximum atomic E-state index is 12.6. The molecule has 2 rings (SSSR count). The van der Waals surface area contributed by atoms with Gasteiger partial charge in [-0.25, -0.2) is 4.98 Å². The molecule has 1 fully saturated rings. The fraction of sp³-hybridized carbons (Fsp3) is 0.625. The highest BCUT2D eigenvalue weighted by molar-refractivity contribution is 5.78. The quantitative estimate of drug-likeness (QED) is 0.926. The molecule has 1 aromatic rings. The van der Waals surface area contributed by atoms with Crippen LogP contribution in [0.25, 0.3) is 0 Å². The van der Waals surface area contributed by atoms with Gasteiger partial charge in [-0.2, -0.15) is 13.2 Å². The Morgan fingerprint density at radius 2 is 2.00 bits per heavy atom. The zero-order valence-electron chi connectivity index (χ0n) is 13.6. The summed E-state index contributed by atoms with van der Waals surface area (Å²) < 4.78 is 43.8. The minimum Gasteiger partial charge on any atom is -0.367 e. The number of hydrogen-bond acceptors (Lipinski definition) is 3. The van der Waals surface area contributed by atoms with E-state index in [4.69, 9.17) is 4.74 Å². The molecule has 4 nitrogen and oxygen atoms in total. The van der Waals surface area contributed by atoms with E-state index in [9.17, 15) is 18.0 Å². The Balaban J connectivity index is 2.03. The Morgan fingerprint density at radius 3 is 2.52 bits per heavy atom. The molecule has 1 amide bonds. The summed E-state index contributed by atoms with van der Waals surface area (Å²) in [6.45, 7) is 7.65. The lowest BCUT2D eigenvalue weighted by Crippen LogP contribution is -2.46. The van der Waals surface area contributed by atoms with E-state index in [-0.39, 0.29) is 29.7 Å². The van der Waals surface area contributed by atoms with Crippen molar-refractivity contribution in [2.45, 2.75) is 64.0 Å². The first-order valence-electron chi connectivity index (χ1n) is 7.42. The van der Waals surface area contributed by atoms with Crippen molar-refractivity contribution in [2.24, 2.45) is 0 Å². The molecule has 1 aliphatic heterocycles. The van der Waals surface area contributed by atoms with Crippen LogP contribution in [0.1, 0.15) is 45.5 Å². The number of amides is 1. The van der Waals surface area contributed by atoms with Gasteiger partial charge in [0.05, 0.1) is 29.4 Å². The van der Waals surface area contributed by atoms with Crippen molar-refractivity contribution in [3.05, 3.63) is 29.6 Å². The van der Waals surface area contributed by atoms with Crippen molar-refractivity contribution >= 4 is 5.91 Å². The number of hydrogen-bond donors (Lipinski definition) is 1. The van der Waals surface area contributed by atoms with Gasteiger partial charge in [0.25, 0.3) is 0 Å². The number of rotatable bonds is 3. The van der Waals surface area contributed by atoms with Crippen molar-refractivity contribution in [2.75, 3.05) is 0 Å². The summed E-state index contributed by atoms with van der Waals surface area (Å²) in [6, 6.07) is 3.35. The highest BCUT2D eigenvalue weighted by Gasteiger charge is 2.46. The number of halogens is 3. The molecule has 128 valence electrons. The summed E-state index contributed by atoms with van der Waals surface area (Å²) in [4.78, 5) is 15.6. The molecular weight excluding hydrogens is 309 g/mol. The number of carbonyl (C=O) groups excluding carboxylic acids is 1. The SMILES string of the molecule is CC1(C)CC(NC(=O)Cc2cccc(C(F)(F)F)n2)C(C)(C)O1. The molecule has 0 saturated carbocycles. The molecule has 0 spiro atoms. The van der Waals surface area contributed by atoms with Crippen molar-refractivity contribution in [1.82, 2.24) is 10.3 Å². The molecule has 0 bridgehead atoms. The average molecular weight is 330 g/mol. The van der Waals surface area contributed by atoms with Crippen molar-refractivity contribution in [3.63, 3.8) is 0 Å². The van der Waals surface area contributed by atoms with Crippen LogP contribution < -0.4 is 5.32 Å². The van der Waals surface area contributed by atoms with Gasteiger partial charge >= 0.3 is 6.18 Å². The van der Waals surface area contributed by atoms with Gasteiger partial charge in [0.2, 0.25) is 5.91 Å². The summed E-state index contributed by atoms with van der Waals surface area (Å²) in [6.07, 6.45) is -4.07. The number of carbonyl (C=O) groups is 1. The van der Waals surface area contributed by atoms with Gasteiger partial charge in [0, 0.05) is 0 Å². The first kappa shape index (κ1) is 17.7. The maximum absolute atomic E-state index is 12.6. The third-order valence-electron chi connectivity index (χ3n) is 3.85. The monoisotopic (exact) mass is 330 g/mol. The Bertz CT molecular complexity index is 597. The molecule has 0 radical (unpaired) electrons. The van der Waals surface area contributed by atoms with Crippen LogP contribution in [0.5, 0.6) is 0 Å². The van der Waals surface area contributed by atoms with Gasteiger partial charge in [-0.15, -0.1) is 0 Å². The lowest BCUT2D eigenvalue weighted by molar-refractivity contribution is -0.141. The van der Waals surface area contributed by atoms with Gasteiger partial charge in [-0.3, -0.25) is 4.79 Å². The Kier molecular flexibility index (Phi) is 4.45. The van der Waals surface area contributed by atoms with Crippen molar-refractivity contribution in [1.29, 1.82) is 0 Å². The van der Waals surface area contributed by atoms with Crippen LogP contribution >= 0.6 is 0 Å². The highest BCUT2D eigenvalue weighted by atomic mass is 19.4. The van der Waals surface area contributed by atoms with E-state index in [0.29, 0.717) is 6.42 Å². The molecule has 1 saturated heterocycles. The van der Waals surface area contributed by atoms with E-state index in [0.717, 1.165) is 6.07 Å². The first-order chi connectivity index (χ1) is 10.4. The number of pyridine rings is 1. The number of nitrogens with zero attached hydrogens (tertiary/aromatic N) is 1. The van der Waals surface area contributed by atoms with E-state index >= 15 is 0 Å². The summed E-state index contributed by atoms with van der Waals surface area (Å²) in [7, 11) is 0. The predicted octanol–water partition coefficient (Wildman–Crippen LogP) is 3.11. The second-order valence-corrected chi connectivity index (χ2v) is 6.98. The van der Waals surface area contributed by atoms with Crippen molar-refractivity contribution in [3.8, 4) is 0 Å². The molecule has 1 N–H and O–H groups in total. The first-order valence-corrected chi connectivity index (χ1v) is 7.42. The minimum absolute atomic E-state index is 0.0910. The average Bonchev–Trinajstić information content (AvgIpc) is 2.56. The van der Waals surface area contributed by atoms with Gasteiger partial charge < -0.3 is 10.1 Å².